The largest absolute Gasteiger partial charge is 0.493 e. The van der Waals surface area contributed by atoms with E-state index >= 15 is 0 Å². The van der Waals surface area contributed by atoms with Gasteiger partial charge in [-0.05, 0) is 77.7 Å². The number of nitrogens with one attached hydrogen (secondary N) is 2. The van der Waals surface area contributed by atoms with E-state index in [0.717, 1.165) is 28.0 Å². The lowest BCUT2D eigenvalue weighted by Gasteiger charge is -2.18. The number of ether oxygens (including phenoxy) is 2. The SMILES string of the molecule is CCCNC(=O)c1ccc(-c2cc3c(cc2C(=O)Nc2ccc(CN)cc2OCCC(C)C)-c2sccc2CCO3)c(C(=O)O)n1. The highest BCUT2D eigenvalue weighted by Crippen LogP contribution is 2.43. The third-order valence-electron chi connectivity index (χ3n) is 7.62. The lowest BCUT2D eigenvalue weighted by atomic mass is 9.93. The smallest absolute Gasteiger partial charge is 0.355 e. The second-order valence-corrected chi connectivity index (χ2v) is 12.4. The van der Waals surface area contributed by atoms with Gasteiger partial charge < -0.3 is 30.9 Å². The number of nitrogens with two attached hydrogens (primary N) is 1. The molecular formula is C35H38N4O6S. The quantitative estimate of drug-likeness (QED) is 0.139. The highest BCUT2D eigenvalue weighted by molar-refractivity contribution is 7.13. The molecule has 0 spiro atoms. The summed E-state index contributed by atoms with van der Waals surface area (Å²) in [6.45, 7) is 7.75. The van der Waals surface area contributed by atoms with Crippen LogP contribution in [0, 0.1) is 5.92 Å². The van der Waals surface area contributed by atoms with Crippen LogP contribution >= 0.6 is 11.3 Å². The monoisotopic (exact) mass is 642 g/mol. The van der Waals surface area contributed by atoms with Gasteiger partial charge in [-0.25, -0.2) is 9.78 Å². The average Bonchev–Trinajstić information content (AvgIpc) is 3.44. The minimum Gasteiger partial charge on any atom is -0.493 e. The number of carbonyl (C=O) groups is 3. The zero-order valence-corrected chi connectivity index (χ0v) is 27.0. The fraction of sp³-hybridized carbons (Fsp3) is 0.314. The molecule has 4 aromatic rings. The lowest BCUT2D eigenvalue weighted by molar-refractivity contribution is 0.0691. The van der Waals surface area contributed by atoms with Gasteiger partial charge >= 0.3 is 5.97 Å². The summed E-state index contributed by atoms with van der Waals surface area (Å²) in [4.78, 5) is 44.6. The Balaban J connectivity index is 1.63. The van der Waals surface area contributed by atoms with Crippen LogP contribution in [-0.2, 0) is 13.0 Å². The molecule has 0 unspecified atom stereocenters. The number of carboxylic acid groups (broad SMARTS) is 1. The van der Waals surface area contributed by atoms with E-state index in [1.807, 2.05) is 30.5 Å². The maximum Gasteiger partial charge on any atom is 0.355 e. The Bertz CT molecular complexity index is 1770. The number of fused-ring (bicyclic) bond motifs is 3. The molecule has 11 heteroatoms. The van der Waals surface area contributed by atoms with Crippen LogP contribution in [0.15, 0.2) is 53.9 Å². The molecule has 2 amide bonds. The number of carbonyl (C=O) groups excluding carboxylic acids is 2. The topological polar surface area (TPSA) is 153 Å². The van der Waals surface area contributed by atoms with Gasteiger partial charge in [-0.1, -0.05) is 26.8 Å². The molecule has 2 aromatic carbocycles. The molecule has 0 aliphatic carbocycles. The van der Waals surface area contributed by atoms with Crippen molar-refractivity contribution in [1.29, 1.82) is 0 Å². The second-order valence-electron chi connectivity index (χ2n) is 11.4. The van der Waals surface area contributed by atoms with Crippen LogP contribution in [0.5, 0.6) is 11.5 Å². The number of hydrogen-bond donors (Lipinski definition) is 4. The van der Waals surface area contributed by atoms with Crippen molar-refractivity contribution in [2.24, 2.45) is 11.7 Å². The van der Waals surface area contributed by atoms with E-state index < -0.39 is 17.8 Å². The van der Waals surface area contributed by atoms with Crippen molar-refractivity contribution < 1.29 is 29.0 Å². The van der Waals surface area contributed by atoms with Gasteiger partial charge in [-0.2, -0.15) is 0 Å². The summed E-state index contributed by atoms with van der Waals surface area (Å²) in [5, 5.41) is 17.9. The van der Waals surface area contributed by atoms with Crippen LogP contribution < -0.4 is 25.8 Å². The molecule has 10 nitrogen and oxygen atoms in total. The van der Waals surface area contributed by atoms with Crippen LogP contribution in [0.1, 0.15) is 76.1 Å². The Morgan fingerprint density at radius 1 is 1.07 bits per heavy atom. The van der Waals surface area contributed by atoms with Crippen molar-refractivity contribution in [3.63, 3.8) is 0 Å². The molecule has 0 fully saturated rings. The Kier molecular flexibility index (Phi) is 10.3. The molecule has 5 rings (SSSR count). The number of aromatic nitrogens is 1. The highest BCUT2D eigenvalue weighted by atomic mass is 32.1. The molecule has 1 aliphatic rings. The van der Waals surface area contributed by atoms with E-state index in [1.54, 1.807) is 29.5 Å². The molecule has 1 aliphatic heterocycles. The standard InChI is InChI=1S/C35H38N4O6S/c1-4-12-37-34(41)28-8-6-23(31(38-28)35(42)43)24-18-29-26(32-22(10-14-44-29)11-15-46-32)17-25(24)33(40)39-27-7-5-21(19-36)16-30(27)45-13-9-20(2)3/h5-8,11,15-18,20H,4,9-10,12-14,19,36H2,1-3H3,(H,37,41)(H,39,40)(H,42,43). The lowest BCUT2D eigenvalue weighted by Crippen LogP contribution is -2.25. The summed E-state index contributed by atoms with van der Waals surface area (Å²) in [5.74, 6) is -0.832. The van der Waals surface area contributed by atoms with Crippen LogP contribution in [0.2, 0.25) is 0 Å². The third-order valence-corrected chi connectivity index (χ3v) is 8.61. The maximum atomic E-state index is 14.2. The third kappa shape index (κ3) is 7.21. The number of aromatic carboxylic acids is 1. The first kappa shape index (κ1) is 32.6. The zero-order valence-electron chi connectivity index (χ0n) is 26.1. The number of carboxylic acids is 1. The van der Waals surface area contributed by atoms with E-state index in [-0.39, 0.29) is 22.5 Å². The van der Waals surface area contributed by atoms with Gasteiger partial charge in [0.05, 0.1) is 18.9 Å². The number of amides is 2. The van der Waals surface area contributed by atoms with Crippen LogP contribution in [0.3, 0.4) is 0 Å². The predicted octanol–water partition coefficient (Wildman–Crippen LogP) is 6.39. The van der Waals surface area contributed by atoms with E-state index in [1.165, 1.54) is 12.1 Å². The Labute approximate surface area is 272 Å². The van der Waals surface area contributed by atoms with Gasteiger partial charge in [-0.15, -0.1) is 11.3 Å². The van der Waals surface area contributed by atoms with Crippen molar-refractivity contribution in [1.82, 2.24) is 10.3 Å². The van der Waals surface area contributed by atoms with Crippen molar-refractivity contribution in [2.75, 3.05) is 25.1 Å². The van der Waals surface area contributed by atoms with Gasteiger partial charge in [-0.3, -0.25) is 9.59 Å². The minimum atomic E-state index is -1.33. The molecule has 2 aromatic heterocycles. The summed E-state index contributed by atoms with van der Waals surface area (Å²) in [6, 6.07) is 13.8. The Morgan fingerprint density at radius 3 is 2.63 bits per heavy atom. The van der Waals surface area contributed by atoms with Gasteiger partial charge in [0.1, 0.15) is 17.2 Å². The fourth-order valence-corrected chi connectivity index (χ4v) is 6.11. The maximum absolute atomic E-state index is 14.2. The van der Waals surface area contributed by atoms with Crippen molar-refractivity contribution >= 4 is 34.8 Å². The Morgan fingerprint density at radius 2 is 1.89 bits per heavy atom. The molecule has 0 radical (unpaired) electrons. The van der Waals surface area contributed by atoms with Crippen LogP contribution in [0.25, 0.3) is 21.6 Å². The molecule has 0 saturated carbocycles. The molecule has 46 heavy (non-hydrogen) atoms. The van der Waals surface area contributed by atoms with Gasteiger partial charge in [0, 0.05) is 46.6 Å². The number of hydrogen-bond acceptors (Lipinski definition) is 8. The Hall–Kier alpha value is -4.74. The number of pyridine rings is 1. The first-order chi connectivity index (χ1) is 22.2. The summed E-state index contributed by atoms with van der Waals surface area (Å²) in [6.07, 6.45) is 2.24. The number of anilines is 1. The fourth-order valence-electron chi connectivity index (χ4n) is 5.13. The molecule has 3 heterocycles. The average molecular weight is 643 g/mol. The van der Waals surface area contributed by atoms with E-state index in [4.69, 9.17) is 15.2 Å². The zero-order chi connectivity index (χ0) is 32.8. The molecule has 240 valence electrons. The summed E-state index contributed by atoms with van der Waals surface area (Å²) in [5.41, 5.74) is 9.37. The number of rotatable bonds is 12. The first-order valence-electron chi connectivity index (χ1n) is 15.4. The highest BCUT2D eigenvalue weighted by Gasteiger charge is 2.27. The molecule has 0 saturated heterocycles. The number of nitrogens with zero attached hydrogens (tertiary/aromatic N) is 1. The second kappa shape index (κ2) is 14.6. The first-order valence-corrected chi connectivity index (χ1v) is 16.3. The molecule has 0 atom stereocenters. The van der Waals surface area contributed by atoms with Gasteiger partial charge in [0.15, 0.2) is 5.69 Å². The number of thiophene rings is 1. The van der Waals surface area contributed by atoms with Gasteiger partial charge in [0.2, 0.25) is 0 Å². The summed E-state index contributed by atoms with van der Waals surface area (Å²) < 4.78 is 12.2. The summed E-state index contributed by atoms with van der Waals surface area (Å²) >= 11 is 1.55. The minimum absolute atomic E-state index is 0.0296. The van der Waals surface area contributed by atoms with E-state index in [2.05, 4.69) is 29.5 Å². The van der Waals surface area contributed by atoms with Crippen LogP contribution in [-0.4, -0.2) is 47.6 Å². The predicted molar refractivity (Wildman–Crippen MR) is 179 cm³/mol. The van der Waals surface area contributed by atoms with Crippen molar-refractivity contribution in [2.45, 2.75) is 46.6 Å². The molecule has 5 N–H and O–H groups in total. The summed E-state index contributed by atoms with van der Waals surface area (Å²) in [7, 11) is 0. The molecular weight excluding hydrogens is 604 g/mol. The van der Waals surface area contributed by atoms with E-state index in [0.29, 0.717) is 67.8 Å². The van der Waals surface area contributed by atoms with Crippen molar-refractivity contribution in [3.05, 3.63) is 82.0 Å². The van der Waals surface area contributed by atoms with E-state index in [9.17, 15) is 19.5 Å². The van der Waals surface area contributed by atoms with Crippen LogP contribution in [0.4, 0.5) is 5.69 Å². The normalized spacial score (nSPS) is 12.0. The van der Waals surface area contributed by atoms with Crippen molar-refractivity contribution in [3.8, 4) is 33.1 Å². The van der Waals surface area contributed by atoms with Gasteiger partial charge in [0.25, 0.3) is 11.8 Å². The molecule has 0 bridgehead atoms. The number of benzene rings is 2.